The summed E-state index contributed by atoms with van der Waals surface area (Å²) in [6.45, 7) is 1.85. The first kappa shape index (κ1) is 13.4. The molecule has 0 spiro atoms. The van der Waals surface area contributed by atoms with Crippen molar-refractivity contribution in [2.24, 2.45) is 0 Å². The maximum atomic E-state index is 12.2. The van der Waals surface area contributed by atoms with E-state index in [2.05, 4.69) is 10.3 Å². The normalized spacial score (nSPS) is 12.1. The number of amides is 1. The molecule has 0 aliphatic heterocycles. The zero-order chi connectivity index (χ0) is 13.8. The van der Waals surface area contributed by atoms with Gasteiger partial charge in [0.15, 0.2) is 10.9 Å². The predicted octanol–water partition coefficient (Wildman–Crippen LogP) is 2.09. The number of pyridine rings is 1. The molecule has 0 aliphatic carbocycles. The molecule has 1 N–H and O–H groups in total. The number of aromatic nitrogens is 2. The monoisotopic (exact) mass is 274 g/mol. The van der Waals surface area contributed by atoms with E-state index in [-0.39, 0.29) is 5.91 Å². The number of carbonyl (C=O) groups excluding carboxylic acids is 1. The maximum absolute atomic E-state index is 12.2. The fourth-order valence-electron chi connectivity index (χ4n) is 1.77. The smallest absolute Gasteiger partial charge is 0.273 e. The zero-order valence-corrected chi connectivity index (χ0v) is 11.6. The average molecular weight is 274 g/mol. The van der Waals surface area contributed by atoms with Crippen LogP contribution in [0.25, 0.3) is 5.52 Å². The van der Waals surface area contributed by atoms with Gasteiger partial charge < -0.3 is 5.32 Å². The molecule has 1 atom stereocenters. The van der Waals surface area contributed by atoms with Gasteiger partial charge in [-0.2, -0.15) is 5.26 Å². The number of nitrogens with zero attached hydrogens (tertiary/aromatic N) is 3. The van der Waals surface area contributed by atoms with E-state index in [1.165, 1.54) is 11.8 Å². The number of nitriles is 1. The second kappa shape index (κ2) is 5.76. The van der Waals surface area contributed by atoms with Gasteiger partial charge in [0.1, 0.15) is 6.04 Å². The molecule has 2 heterocycles. The number of imidazole rings is 1. The highest BCUT2D eigenvalue weighted by Gasteiger charge is 2.18. The van der Waals surface area contributed by atoms with Crippen molar-refractivity contribution in [1.29, 1.82) is 5.26 Å². The minimum absolute atomic E-state index is 0.308. The first-order valence-corrected chi connectivity index (χ1v) is 7.15. The molecular formula is C13H14N4OS. The third-order valence-corrected chi connectivity index (χ3v) is 3.44. The molecule has 5 nitrogen and oxygen atoms in total. The average Bonchev–Trinajstić information content (AvgIpc) is 2.83. The second-order valence-electron chi connectivity index (χ2n) is 3.97. The number of fused-ring (bicyclic) bond motifs is 1. The van der Waals surface area contributed by atoms with Gasteiger partial charge in [-0.25, -0.2) is 4.98 Å². The Balaban J connectivity index is 2.40. The summed E-state index contributed by atoms with van der Waals surface area (Å²) in [6, 6.07) is 7.16. The molecule has 0 aromatic carbocycles. The first-order valence-electron chi connectivity index (χ1n) is 5.92. The Kier molecular flexibility index (Phi) is 4.07. The lowest BCUT2D eigenvalue weighted by Crippen LogP contribution is -2.33. The van der Waals surface area contributed by atoms with Gasteiger partial charge >= 0.3 is 0 Å². The molecule has 0 unspecified atom stereocenters. The highest BCUT2D eigenvalue weighted by atomic mass is 32.2. The second-order valence-corrected chi connectivity index (χ2v) is 4.74. The number of thioether (sulfide) groups is 1. The largest absolute Gasteiger partial charge is 0.335 e. The summed E-state index contributed by atoms with van der Waals surface area (Å²) in [5.74, 6) is -0.308. The van der Waals surface area contributed by atoms with Crippen molar-refractivity contribution < 1.29 is 4.79 Å². The molecule has 0 saturated heterocycles. The quantitative estimate of drug-likeness (QED) is 0.867. The summed E-state index contributed by atoms with van der Waals surface area (Å²) in [4.78, 5) is 16.5. The summed E-state index contributed by atoms with van der Waals surface area (Å²) in [5.41, 5.74) is 1.11. The van der Waals surface area contributed by atoms with Gasteiger partial charge in [-0.1, -0.05) is 24.8 Å². The van der Waals surface area contributed by atoms with E-state index < -0.39 is 6.04 Å². The van der Waals surface area contributed by atoms with E-state index in [0.717, 1.165) is 10.7 Å². The van der Waals surface area contributed by atoms with Crippen molar-refractivity contribution >= 4 is 23.2 Å². The molecule has 0 saturated carbocycles. The van der Waals surface area contributed by atoms with E-state index in [0.29, 0.717) is 12.1 Å². The lowest BCUT2D eigenvalue weighted by molar-refractivity contribution is 0.0941. The van der Waals surface area contributed by atoms with E-state index in [1.54, 1.807) is 0 Å². The van der Waals surface area contributed by atoms with Gasteiger partial charge in [0, 0.05) is 6.20 Å². The Labute approximate surface area is 115 Å². The Morgan fingerprint density at radius 1 is 1.63 bits per heavy atom. The van der Waals surface area contributed by atoms with E-state index >= 15 is 0 Å². The SMILES string of the molecule is CC[C@H](C#N)NC(=O)c1nc(SC)n2ccccc12. The summed E-state index contributed by atoms with van der Waals surface area (Å²) in [7, 11) is 0. The predicted molar refractivity (Wildman–Crippen MR) is 74.1 cm³/mol. The third-order valence-electron chi connectivity index (χ3n) is 2.78. The highest BCUT2D eigenvalue weighted by molar-refractivity contribution is 7.98. The van der Waals surface area contributed by atoms with Gasteiger partial charge in [-0.3, -0.25) is 9.20 Å². The molecule has 0 radical (unpaired) electrons. The molecule has 0 fully saturated rings. The van der Waals surface area contributed by atoms with Crippen LogP contribution in [-0.4, -0.2) is 27.6 Å². The number of nitrogens with one attached hydrogen (secondary N) is 1. The van der Waals surface area contributed by atoms with Crippen molar-refractivity contribution in [2.45, 2.75) is 24.5 Å². The van der Waals surface area contributed by atoms with Crippen molar-refractivity contribution in [3.05, 3.63) is 30.1 Å². The maximum Gasteiger partial charge on any atom is 0.273 e. The van der Waals surface area contributed by atoms with Crippen LogP contribution in [0.1, 0.15) is 23.8 Å². The number of carbonyl (C=O) groups is 1. The lowest BCUT2D eigenvalue weighted by atomic mass is 10.2. The van der Waals surface area contributed by atoms with Gasteiger partial charge in [0.2, 0.25) is 0 Å². The van der Waals surface area contributed by atoms with Gasteiger partial charge in [-0.05, 0) is 24.8 Å². The number of hydrogen-bond acceptors (Lipinski definition) is 4. The topological polar surface area (TPSA) is 70.2 Å². The van der Waals surface area contributed by atoms with Crippen LogP contribution >= 0.6 is 11.8 Å². The van der Waals surface area contributed by atoms with Crippen LogP contribution in [0.15, 0.2) is 29.6 Å². The van der Waals surface area contributed by atoms with Crippen LogP contribution in [0.2, 0.25) is 0 Å². The molecule has 1 amide bonds. The molecule has 2 aromatic heterocycles. The number of rotatable bonds is 4. The molecular weight excluding hydrogens is 260 g/mol. The van der Waals surface area contributed by atoms with Crippen LogP contribution in [0.5, 0.6) is 0 Å². The molecule has 6 heteroatoms. The van der Waals surface area contributed by atoms with Gasteiger partial charge in [-0.15, -0.1) is 0 Å². The van der Waals surface area contributed by atoms with Crippen LogP contribution in [0.4, 0.5) is 0 Å². The zero-order valence-electron chi connectivity index (χ0n) is 10.8. The summed E-state index contributed by atoms with van der Waals surface area (Å²) >= 11 is 1.47. The fourth-order valence-corrected chi connectivity index (χ4v) is 2.31. The van der Waals surface area contributed by atoms with E-state index in [9.17, 15) is 4.79 Å². The molecule has 0 bridgehead atoms. The van der Waals surface area contributed by atoms with Crippen molar-refractivity contribution in [3.8, 4) is 6.07 Å². The summed E-state index contributed by atoms with van der Waals surface area (Å²) in [5, 5.41) is 12.3. The Bertz CT molecular complexity index is 644. The van der Waals surface area contributed by atoms with Gasteiger partial charge in [0.05, 0.1) is 11.6 Å². The highest BCUT2D eigenvalue weighted by Crippen LogP contribution is 2.19. The standard InChI is InChI=1S/C13H14N4OS/c1-3-9(8-14)15-12(18)11-10-6-4-5-7-17(10)13(16-11)19-2/h4-7,9H,3H2,1-2H3,(H,15,18)/t9-/m1/s1. The van der Waals surface area contributed by atoms with E-state index in [4.69, 9.17) is 5.26 Å². The van der Waals surface area contributed by atoms with E-state index in [1.807, 2.05) is 48.0 Å². The summed E-state index contributed by atoms with van der Waals surface area (Å²) in [6.07, 6.45) is 4.35. The number of hydrogen-bond donors (Lipinski definition) is 1. The lowest BCUT2D eigenvalue weighted by Gasteiger charge is -2.07. The minimum atomic E-state index is -0.481. The fraction of sp³-hybridized carbons (Fsp3) is 0.308. The van der Waals surface area contributed by atoms with Crippen LogP contribution in [0, 0.1) is 11.3 Å². The molecule has 98 valence electrons. The molecule has 2 aromatic rings. The van der Waals surface area contributed by atoms with Crippen molar-refractivity contribution in [2.75, 3.05) is 6.26 Å². The first-order chi connectivity index (χ1) is 9.21. The summed E-state index contributed by atoms with van der Waals surface area (Å²) < 4.78 is 1.87. The molecule has 2 rings (SSSR count). The Hall–Kier alpha value is -2.00. The van der Waals surface area contributed by atoms with Gasteiger partial charge in [0.25, 0.3) is 5.91 Å². The van der Waals surface area contributed by atoms with Crippen LogP contribution in [0.3, 0.4) is 0 Å². The minimum Gasteiger partial charge on any atom is -0.335 e. The van der Waals surface area contributed by atoms with Crippen molar-refractivity contribution in [3.63, 3.8) is 0 Å². The molecule has 0 aliphatic rings. The Morgan fingerprint density at radius 3 is 3.05 bits per heavy atom. The Morgan fingerprint density at radius 2 is 2.42 bits per heavy atom. The van der Waals surface area contributed by atoms with Crippen LogP contribution < -0.4 is 5.32 Å². The third kappa shape index (κ3) is 2.56. The van der Waals surface area contributed by atoms with Crippen molar-refractivity contribution in [1.82, 2.24) is 14.7 Å². The molecule has 19 heavy (non-hydrogen) atoms. The van der Waals surface area contributed by atoms with Crippen LogP contribution in [-0.2, 0) is 0 Å².